The van der Waals surface area contributed by atoms with Crippen molar-refractivity contribution in [1.29, 1.82) is 0 Å². The fourth-order valence-electron chi connectivity index (χ4n) is 0.865. The lowest BCUT2D eigenvalue weighted by molar-refractivity contribution is -0.125. The van der Waals surface area contributed by atoms with Gasteiger partial charge in [0.05, 0.1) is 12.7 Å². The molecule has 1 aliphatic rings. The molecular formula is C6H10O3. The third-order valence-electron chi connectivity index (χ3n) is 1.44. The maximum Gasteiger partial charge on any atom is 0.148 e. The van der Waals surface area contributed by atoms with Crippen LogP contribution in [0.1, 0.15) is 12.8 Å². The number of carbonyl (C=O) groups is 1. The van der Waals surface area contributed by atoms with Crippen LogP contribution in [0.25, 0.3) is 0 Å². The van der Waals surface area contributed by atoms with Crippen LogP contribution < -0.4 is 0 Å². The Morgan fingerprint density at radius 2 is 2.33 bits per heavy atom. The molecule has 0 aromatic heterocycles. The van der Waals surface area contributed by atoms with Crippen LogP contribution in [-0.2, 0) is 9.53 Å². The lowest BCUT2D eigenvalue weighted by Gasteiger charge is -2.21. The van der Waals surface area contributed by atoms with Gasteiger partial charge in [-0.2, -0.15) is 0 Å². The number of carbonyl (C=O) groups excluding carboxylic acids is 1. The summed E-state index contributed by atoms with van der Waals surface area (Å²) >= 11 is 0. The summed E-state index contributed by atoms with van der Waals surface area (Å²) in [6.07, 6.45) is 1.49. The van der Waals surface area contributed by atoms with Crippen molar-refractivity contribution in [2.75, 3.05) is 6.61 Å². The van der Waals surface area contributed by atoms with Crippen LogP contribution in [0.4, 0.5) is 0 Å². The molecule has 0 aliphatic carbocycles. The van der Waals surface area contributed by atoms with Crippen LogP contribution in [-0.4, -0.2) is 30.2 Å². The number of aliphatic hydroxyl groups is 1. The molecule has 3 nitrogen and oxygen atoms in total. The molecule has 0 saturated carbocycles. The average molecular weight is 130 g/mol. The summed E-state index contributed by atoms with van der Waals surface area (Å²) < 4.78 is 4.92. The van der Waals surface area contributed by atoms with Crippen LogP contribution in [0, 0.1) is 0 Å². The van der Waals surface area contributed by atoms with Gasteiger partial charge in [-0.05, 0) is 12.8 Å². The van der Waals surface area contributed by atoms with Gasteiger partial charge in [0, 0.05) is 0 Å². The summed E-state index contributed by atoms with van der Waals surface area (Å²) in [7, 11) is 0. The zero-order chi connectivity index (χ0) is 6.69. The van der Waals surface area contributed by atoms with Gasteiger partial charge in [-0.15, -0.1) is 0 Å². The molecule has 1 aliphatic heterocycles. The van der Waals surface area contributed by atoms with Gasteiger partial charge >= 0.3 is 0 Å². The van der Waals surface area contributed by atoms with E-state index in [4.69, 9.17) is 9.84 Å². The molecule has 3 heteroatoms. The van der Waals surface area contributed by atoms with Crippen LogP contribution in [0.3, 0.4) is 0 Å². The number of hydrogen-bond donors (Lipinski definition) is 1. The van der Waals surface area contributed by atoms with E-state index in [0.29, 0.717) is 19.4 Å². The lowest BCUT2D eigenvalue weighted by atomic mass is 10.1. The van der Waals surface area contributed by atoms with Gasteiger partial charge in [-0.25, -0.2) is 0 Å². The highest BCUT2D eigenvalue weighted by Crippen LogP contribution is 2.10. The molecule has 1 saturated heterocycles. The highest BCUT2D eigenvalue weighted by atomic mass is 16.5. The van der Waals surface area contributed by atoms with Gasteiger partial charge in [-0.3, -0.25) is 0 Å². The molecule has 52 valence electrons. The van der Waals surface area contributed by atoms with Crippen LogP contribution in [0.5, 0.6) is 0 Å². The molecule has 0 amide bonds. The van der Waals surface area contributed by atoms with E-state index in [-0.39, 0.29) is 12.2 Å². The zero-order valence-electron chi connectivity index (χ0n) is 5.12. The van der Waals surface area contributed by atoms with E-state index in [0.717, 1.165) is 6.29 Å². The molecule has 1 N–H and O–H groups in total. The lowest BCUT2D eigenvalue weighted by Crippen LogP contribution is -2.29. The zero-order valence-corrected chi connectivity index (χ0v) is 5.12. The summed E-state index contributed by atoms with van der Waals surface area (Å²) in [6, 6.07) is 0. The molecule has 1 fully saturated rings. The van der Waals surface area contributed by atoms with Crippen molar-refractivity contribution in [3.05, 3.63) is 0 Å². The van der Waals surface area contributed by atoms with E-state index in [1.54, 1.807) is 0 Å². The van der Waals surface area contributed by atoms with Gasteiger partial charge in [0.15, 0.2) is 0 Å². The maximum atomic E-state index is 10.1. The van der Waals surface area contributed by atoms with Crippen LogP contribution in [0.2, 0.25) is 0 Å². The third-order valence-corrected chi connectivity index (χ3v) is 1.44. The third kappa shape index (κ3) is 1.77. The Morgan fingerprint density at radius 3 is 2.78 bits per heavy atom. The molecule has 0 aromatic rings. The quantitative estimate of drug-likeness (QED) is 0.497. The Hall–Kier alpha value is -0.410. The van der Waals surface area contributed by atoms with Crippen molar-refractivity contribution >= 4 is 6.29 Å². The van der Waals surface area contributed by atoms with Crippen molar-refractivity contribution in [2.45, 2.75) is 25.0 Å². The minimum Gasteiger partial charge on any atom is -0.391 e. The predicted molar refractivity (Wildman–Crippen MR) is 31.0 cm³/mol. The average Bonchev–Trinajstić information content (AvgIpc) is 1.90. The summed E-state index contributed by atoms with van der Waals surface area (Å²) in [5.41, 5.74) is 0. The first kappa shape index (κ1) is 6.71. The Bertz CT molecular complexity index is 94.5. The Labute approximate surface area is 53.6 Å². The second kappa shape index (κ2) is 2.94. The van der Waals surface area contributed by atoms with E-state index in [1.807, 2.05) is 0 Å². The minimum absolute atomic E-state index is 0.270. The highest BCUT2D eigenvalue weighted by Gasteiger charge is 2.18. The van der Waals surface area contributed by atoms with Crippen molar-refractivity contribution in [2.24, 2.45) is 0 Å². The van der Waals surface area contributed by atoms with Crippen molar-refractivity contribution in [3.8, 4) is 0 Å². The molecule has 2 atom stereocenters. The minimum atomic E-state index is -0.360. The monoisotopic (exact) mass is 130 g/mol. The summed E-state index contributed by atoms with van der Waals surface area (Å²) in [5, 5.41) is 8.88. The van der Waals surface area contributed by atoms with Gasteiger partial charge in [0.25, 0.3) is 0 Å². The summed E-state index contributed by atoms with van der Waals surface area (Å²) in [5.74, 6) is 0. The largest absolute Gasteiger partial charge is 0.391 e. The first-order chi connectivity index (χ1) is 4.33. The van der Waals surface area contributed by atoms with Crippen molar-refractivity contribution < 1.29 is 14.6 Å². The topological polar surface area (TPSA) is 46.5 Å². The number of ether oxygens (including phenoxy) is 1. The Morgan fingerprint density at radius 1 is 1.56 bits per heavy atom. The molecular weight excluding hydrogens is 120 g/mol. The summed E-state index contributed by atoms with van der Waals surface area (Å²) in [6.45, 7) is 0.309. The van der Waals surface area contributed by atoms with Gasteiger partial charge in [0.1, 0.15) is 12.4 Å². The number of aldehydes is 1. The van der Waals surface area contributed by atoms with E-state index in [2.05, 4.69) is 0 Å². The van der Waals surface area contributed by atoms with Crippen molar-refractivity contribution in [1.82, 2.24) is 0 Å². The van der Waals surface area contributed by atoms with Crippen LogP contribution >= 0.6 is 0 Å². The Kier molecular flexibility index (Phi) is 2.19. The fourth-order valence-corrected chi connectivity index (χ4v) is 0.865. The molecule has 1 heterocycles. The maximum absolute atomic E-state index is 10.1. The van der Waals surface area contributed by atoms with Crippen LogP contribution in [0.15, 0.2) is 0 Å². The van der Waals surface area contributed by atoms with Gasteiger partial charge < -0.3 is 14.6 Å². The van der Waals surface area contributed by atoms with E-state index >= 15 is 0 Å². The highest BCUT2D eigenvalue weighted by molar-refractivity contribution is 5.56. The van der Waals surface area contributed by atoms with E-state index in [1.165, 1.54) is 0 Å². The molecule has 1 rings (SSSR count). The number of rotatable bonds is 1. The second-order valence-corrected chi connectivity index (χ2v) is 2.24. The normalized spacial score (nSPS) is 36.1. The fraction of sp³-hybridized carbons (Fsp3) is 0.833. The van der Waals surface area contributed by atoms with Gasteiger partial charge in [0.2, 0.25) is 0 Å². The second-order valence-electron chi connectivity index (χ2n) is 2.24. The molecule has 0 unspecified atom stereocenters. The smallest absolute Gasteiger partial charge is 0.148 e. The Balaban J connectivity index is 2.26. The summed E-state index contributed by atoms with van der Waals surface area (Å²) in [4.78, 5) is 10.1. The van der Waals surface area contributed by atoms with Crippen molar-refractivity contribution in [3.63, 3.8) is 0 Å². The van der Waals surface area contributed by atoms with E-state index < -0.39 is 0 Å². The SMILES string of the molecule is O=C[C@H]1CC[C@H](O)CO1. The molecule has 0 spiro atoms. The first-order valence-electron chi connectivity index (χ1n) is 3.08. The number of aliphatic hydroxyl groups excluding tert-OH is 1. The molecule has 0 aromatic carbocycles. The van der Waals surface area contributed by atoms with E-state index in [9.17, 15) is 4.79 Å². The van der Waals surface area contributed by atoms with Gasteiger partial charge in [-0.1, -0.05) is 0 Å². The number of hydrogen-bond acceptors (Lipinski definition) is 3. The molecule has 9 heavy (non-hydrogen) atoms. The molecule has 0 bridgehead atoms. The molecule has 0 radical (unpaired) electrons. The standard InChI is InChI=1S/C6H10O3/c7-3-6-2-1-5(8)4-9-6/h3,5-6,8H,1-2,4H2/t5-,6+/m0/s1. The predicted octanol–water partition coefficient (Wildman–Crippen LogP) is -0.275. The first-order valence-corrected chi connectivity index (χ1v) is 3.08.